The second-order valence-electron chi connectivity index (χ2n) is 5.23. The van der Waals surface area contributed by atoms with Crippen molar-refractivity contribution in [2.45, 2.75) is 31.6 Å². The molecule has 1 aliphatic rings. The monoisotopic (exact) mass is 385 g/mol. The molecular formula is C15H16BrNO2S2. The zero-order chi connectivity index (χ0) is 15.2. The van der Waals surface area contributed by atoms with Crippen molar-refractivity contribution in [2.75, 3.05) is 10.8 Å². The first-order valence-corrected chi connectivity index (χ1v) is 9.83. The molecule has 0 spiro atoms. The second-order valence-corrected chi connectivity index (χ2v) is 9.70. The van der Waals surface area contributed by atoms with Crippen molar-refractivity contribution in [3.63, 3.8) is 0 Å². The number of para-hydroxylation sites is 1. The number of aryl methyl sites for hydroxylation is 3. The maximum Gasteiger partial charge on any atom is 0.265 e. The van der Waals surface area contributed by atoms with Crippen molar-refractivity contribution in [1.82, 2.24) is 0 Å². The van der Waals surface area contributed by atoms with Gasteiger partial charge in [0.15, 0.2) is 0 Å². The third-order valence-electron chi connectivity index (χ3n) is 3.79. The number of hydrogen-bond acceptors (Lipinski definition) is 3. The summed E-state index contributed by atoms with van der Waals surface area (Å²) >= 11 is 4.84. The Labute approximate surface area is 137 Å². The first-order valence-electron chi connectivity index (χ1n) is 6.78. The topological polar surface area (TPSA) is 37.4 Å². The SMILES string of the molecule is Cc1cccc2c1N(S(=O)(=O)c1cc(Br)sc1C)CCC2. The fourth-order valence-electron chi connectivity index (χ4n) is 2.85. The molecule has 0 N–H and O–H groups in total. The van der Waals surface area contributed by atoms with E-state index < -0.39 is 10.0 Å². The van der Waals surface area contributed by atoms with Crippen molar-refractivity contribution < 1.29 is 8.42 Å². The smallest absolute Gasteiger partial charge is 0.265 e. The number of fused-ring (bicyclic) bond motifs is 1. The van der Waals surface area contributed by atoms with Gasteiger partial charge in [0.25, 0.3) is 10.0 Å². The first kappa shape index (κ1) is 15.1. The highest BCUT2D eigenvalue weighted by Crippen LogP contribution is 2.38. The van der Waals surface area contributed by atoms with E-state index in [1.165, 1.54) is 11.3 Å². The van der Waals surface area contributed by atoms with Crippen molar-refractivity contribution >= 4 is 43.0 Å². The molecule has 0 radical (unpaired) electrons. The minimum absolute atomic E-state index is 0.412. The molecule has 0 atom stereocenters. The summed E-state index contributed by atoms with van der Waals surface area (Å²) in [6.45, 7) is 4.38. The lowest BCUT2D eigenvalue weighted by molar-refractivity contribution is 0.586. The maximum atomic E-state index is 13.0. The van der Waals surface area contributed by atoms with Gasteiger partial charge in [0, 0.05) is 11.4 Å². The molecule has 1 aromatic heterocycles. The van der Waals surface area contributed by atoms with E-state index in [4.69, 9.17) is 0 Å². The van der Waals surface area contributed by atoms with Crippen LogP contribution in [-0.2, 0) is 16.4 Å². The van der Waals surface area contributed by atoms with Crippen LogP contribution in [0.15, 0.2) is 32.9 Å². The van der Waals surface area contributed by atoms with Gasteiger partial charge in [-0.3, -0.25) is 4.31 Å². The van der Waals surface area contributed by atoms with Gasteiger partial charge in [-0.15, -0.1) is 11.3 Å². The second kappa shape index (κ2) is 5.41. The molecule has 1 aliphatic heterocycles. The van der Waals surface area contributed by atoms with Gasteiger partial charge in [0.05, 0.1) is 9.47 Å². The molecule has 3 nitrogen and oxygen atoms in total. The van der Waals surface area contributed by atoms with Gasteiger partial charge in [-0.25, -0.2) is 8.42 Å². The van der Waals surface area contributed by atoms with Gasteiger partial charge in [-0.1, -0.05) is 18.2 Å². The number of halogens is 1. The summed E-state index contributed by atoms with van der Waals surface area (Å²) in [6.07, 6.45) is 1.80. The number of rotatable bonds is 2. The average Bonchev–Trinajstić information content (AvgIpc) is 2.78. The Morgan fingerprint density at radius 1 is 1.29 bits per heavy atom. The number of sulfonamides is 1. The molecule has 2 aromatic rings. The van der Waals surface area contributed by atoms with Crippen LogP contribution in [0.25, 0.3) is 0 Å². The minimum Gasteiger partial charge on any atom is -0.266 e. The molecule has 0 unspecified atom stereocenters. The Hall–Kier alpha value is -0.850. The lowest BCUT2D eigenvalue weighted by Gasteiger charge is -2.31. The Morgan fingerprint density at radius 2 is 2.05 bits per heavy atom. The summed E-state index contributed by atoms with van der Waals surface area (Å²) in [5.41, 5.74) is 3.00. The van der Waals surface area contributed by atoms with E-state index in [1.54, 1.807) is 10.4 Å². The van der Waals surface area contributed by atoms with Crippen LogP contribution in [0.5, 0.6) is 0 Å². The molecule has 6 heteroatoms. The van der Waals surface area contributed by atoms with E-state index in [0.29, 0.717) is 11.4 Å². The molecule has 2 heterocycles. The number of hydrogen-bond donors (Lipinski definition) is 0. The van der Waals surface area contributed by atoms with E-state index >= 15 is 0 Å². The molecule has 1 aromatic carbocycles. The summed E-state index contributed by atoms with van der Waals surface area (Å²) in [4.78, 5) is 1.23. The molecule has 0 saturated heterocycles. The highest BCUT2D eigenvalue weighted by atomic mass is 79.9. The van der Waals surface area contributed by atoms with Crippen molar-refractivity contribution in [2.24, 2.45) is 0 Å². The Bertz CT molecular complexity index is 796. The summed E-state index contributed by atoms with van der Waals surface area (Å²) in [5.74, 6) is 0. The van der Waals surface area contributed by atoms with Crippen molar-refractivity contribution in [3.05, 3.63) is 44.1 Å². The van der Waals surface area contributed by atoms with Crippen LogP contribution < -0.4 is 4.31 Å². The summed E-state index contributed by atoms with van der Waals surface area (Å²) in [7, 11) is -3.49. The largest absolute Gasteiger partial charge is 0.266 e. The highest BCUT2D eigenvalue weighted by Gasteiger charge is 2.32. The lowest BCUT2D eigenvalue weighted by atomic mass is 10.0. The standard InChI is InChI=1S/C15H16BrNO2S2/c1-10-5-3-6-12-7-4-8-17(15(10)12)21(18,19)13-9-14(16)20-11(13)2/h3,5-6,9H,4,7-8H2,1-2H3. The van der Waals surface area contributed by atoms with E-state index in [0.717, 1.165) is 38.3 Å². The number of benzene rings is 1. The number of anilines is 1. The van der Waals surface area contributed by atoms with Crippen LogP contribution in [0.2, 0.25) is 0 Å². The van der Waals surface area contributed by atoms with Gasteiger partial charge in [-0.2, -0.15) is 0 Å². The minimum atomic E-state index is -3.49. The molecule has 0 amide bonds. The third-order valence-corrected chi connectivity index (χ3v) is 7.40. The van der Waals surface area contributed by atoms with Gasteiger partial charge in [0.1, 0.15) is 4.90 Å². The predicted octanol–water partition coefficient (Wildman–Crippen LogP) is 4.27. The van der Waals surface area contributed by atoms with Crippen molar-refractivity contribution in [3.8, 4) is 0 Å². The van der Waals surface area contributed by atoms with Crippen LogP contribution in [-0.4, -0.2) is 15.0 Å². The fraction of sp³-hybridized carbons (Fsp3) is 0.333. The van der Waals surface area contributed by atoms with E-state index in [1.807, 2.05) is 32.0 Å². The zero-order valence-corrected chi connectivity index (χ0v) is 15.1. The zero-order valence-electron chi connectivity index (χ0n) is 11.9. The van der Waals surface area contributed by atoms with Crippen LogP contribution in [0.1, 0.15) is 22.4 Å². The molecule has 112 valence electrons. The molecule has 0 fully saturated rings. The predicted molar refractivity (Wildman–Crippen MR) is 90.8 cm³/mol. The third kappa shape index (κ3) is 2.53. The van der Waals surface area contributed by atoms with Gasteiger partial charge in [-0.05, 0) is 59.8 Å². The quantitative estimate of drug-likeness (QED) is 0.773. The fourth-order valence-corrected chi connectivity index (χ4v) is 6.84. The first-order chi connectivity index (χ1) is 9.91. The molecule has 21 heavy (non-hydrogen) atoms. The van der Waals surface area contributed by atoms with Gasteiger partial charge >= 0.3 is 0 Å². The van der Waals surface area contributed by atoms with Crippen LogP contribution >= 0.6 is 27.3 Å². The molecular weight excluding hydrogens is 370 g/mol. The molecule has 0 saturated carbocycles. The van der Waals surface area contributed by atoms with Crippen molar-refractivity contribution in [1.29, 1.82) is 0 Å². The van der Waals surface area contributed by atoms with E-state index in [2.05, 4.69) is 15.9 Å². The lowest BCUT2D eigenvalue weighted by Crippen LogP contribution is -2.36. The maximum absolute atomic E-state index is 13.0. The summed E-state index contributed by atoms with van der Waals surface area (Å²) in [5, 5.41) is 0. The Balaban J connectivity index is 2.16. The van der Waals surface area contributed by atoms with E-state index in [9.17, 15) is 8.42 Å². The molecule has 0 aliphatic carbocycles. The molecule has 3 rings (SSSR count). The van der Waals surface area contributed by atoms with Crippen LogP contribution in [0.3, 0.4) is 0 Å². The van der Waals surface area contributed by atoms with Gasteiger partial charge in [0.2, 0.25) is 0 Å². The Kier molecular flexibility index (Phi) is 3.88. The average molecular weight is 386 g/mol. The number of thiophene rings is 1. The van der Waals surface area contributed by atoms with Crippen LogP contribution in [0, 0.1) is 13.8 Å². The molecule has 0 bridgehead atoms. The normalized spacial score (nSPS) is 15.1. The van der Waals surface area contributed by atoms with Crippen LogP contribution in [0.4, 0.5) is 5.69 Å². The summed E-state index contributed by atoms with van der Waals surface area (Å²) < 4.78 is 28.5. The Morgan fingerprint density at radius 3 is 2.71 bits per heavy atom. The van der Waals surface area contributed by atoms with E-state index in [-0.39, 0.29) is 0 Å². The van der Waals surface area contributed by atoms with Gasteiger partial charge < -0.3 is 0 Å². The highest BCUT2D eigenvalue weighted by molar-refractivity contribution is 9.11. The number of nitrogens with zero attached hydrogens (tertiary/aromatic N) is 1. The summed E-state index contributed by atoms with van der Waals surface area (Å²) in [6, 6.07) is 7.71.